The van der Waals surface area contributed by atoms with Gasteiger partial charge in [-0.3, -0.25) is 4.90 Å². The highest BCUT2D eigenvalue weighted by molar-refractivity contribution is 5.18. The van der Waals surface area contributed by atoms with Gasteiger partial charge in [-0.15, -0.1) is 0 Å². The van der Waals surface area contributed by atoms with E-state index in [1.807, 2.05) is 0 Å². The molecule has 1 aromatic carbocycles. The van der Waals surface area contributed by atoms with E-state index >= 15 is 0 Å². The van der Waals surface area contributed by atoms with E-state index in [-0.39, 0.29) is 0 Å². The molecule has 1 N–H and O–H groups in total. The van der Waals surface area contributed by atoms with E-state index < -0.39 is 11.6 Å². The van der Waals surface area contributed by atoms with Crippen LogP contribution in [0.1, 0.15) is 37.7 Å². The highest BCUT2D eigenvalue weighted by Gasteiger charge is 2.28. The average Bonchev–Trinajstić information content (AvgIpc) is 2.51. The molecule has 0 amide bonds. The lowest BCUT2D eigenvalue weighted by Gasteiger charge is -2.39. The van der Waals surface area contributed by atoms with Crippen LogP contribution in [0.4, 0.5) is 8.78 Å². The van der Waals surface area contributed by atoms with E-state index in [1.165, 1.54) is 38.2 Å². The lowest BCUT2D eigenvalue weighted by molar-refractivity contribution is 0.140. The van der Waals surface area contributed by atoms with Crippen LogP contribution in [0.5, 0.6) is 0 Å². The number of piperazine rings is 1. The summed E-state index contributed by atoms with van der Waals surface area (Å²) in [6.45, 7) is 3.45. The standard InChI is InChI=1S/C17H24F2N2/c18-15-7-6-14(16(19)10-15)11-21-9-8-20-17(12-21)13-4-2-1-3-5-13/h6-7,10,13,17,20H,1-5,8-9,11-12H2. The van der Waals surface area contributed by atoms with Crippen LogP contribution < -0.4 is 5.32 Å². The second kappa shape index (κ2) is 6.84. The molecule has 1 heterocycles. The van der Waals surface area contributed by atoms with Crippen LogP contribution in [-0.4, -0.2) is 30.6 Å². The topological polar surface area (TPSA) is 15.3 Å². The molecule has 1 aliphatic heterocycles. The molecule has 3 rings (SSSR count). The summed E-state index contributed by atoms with van der Waals surface area (Å²) in [6, 6.07) is 4.43. The normalized spacial score (nSPS) is 25.1. The van der Waals surface area contributed by atoms with Crippen molar-refractivity contribution in [2.24, 2.45) is 5.92 Å². The van der Waals surface area contributed by atoms with Crippen LogP contribution in [0, 0.1) is 17.6 Å². The van der Waals surface area contributed by atoms with Gasteiger partial charge in [0.15, 0.2) is 0 Å². The third-order valence-electron chi connectivity index (χ3n) is 4.92. The molecule has 1 unspecified atom stereocenters. The molecule has 0 aromatic heterocycles. The molecular weight excluding hydrogens is 270 g/mol. The Morgan fingerprint density at radius 3 is 2.71 bits per heavy atom. The molecule has 2 aliphatic rings. The average molecular weight is 294 g/mol. The number of rotatable bonds is 3. The molecular formula is C17H24F2N2. The molecule has 0 bridgehead atoms. The summed E-state index contributed by atoms with van der Waals surface area (Å²) in [7, 11) is 0. The largest absolute Gasteiger partial charge is 0.311 e. The van der Waals surface area contributed by atoms with Gasteiger partial charge in [0, 0.05) is 43.9 Å². The predicted molar refractivity (Wildman–Crippen MR) is 80.0 cm³/mol. The lowest BCUT2D eigenvalue weighted by Crippen LogP contribution is -2.53. The highest BCUT2D eigenvalue weighted by atomic mass is 19.1. The molecule has 1 aliphatic carbocycles. The maximum absolute atomic E-state index is 13.8. The third kappa shape index (κ3) is 3.80. The number of halogens is 2. The Hall–Kier alpha value is -1.00. The Labute approximate surface area is 125 Å². The van der Waals surface area contributed by atoms with Crippen molar-refractivity contribution in [3.05, 3.63) is 35.4 Å². The van der Waals surface area contributed by atoms with Gasteiger partial charge in [-0.1, -0.05) is 25.3 Å². The molecule has 1 saturated carbocycles. The number of nitrogens with zero attached hydrogens (tertiary/aromatic N) is 1. The molecule has 0 spiro atoms. The quantitative estimate of drug-likeness (QED) is 0.920. The molecule has 2 nitrogen and oxygen atoms in total. The van der Waals surface area contributed by atoms with E-state index in [0.717, 1.165) is 31.6 Å². The van der Waals surface area contributed by atoms with Crippen LogP contribution in [0.3, 0.4) is 0 Å². The predicted octanol–water partition coefficient (Wildman–Crippen LogP) is 3.32. The zero-order chi connectivity index (χ0) is 14.7. The minimum Gasteiger partial charge on any atom is -0.311 e. The van der Waals surface area contributed by atoms with E-state index in [4.69, 9.17) is 0 Å². The SMILES string of the molecule is Fc1ccc(CN2CCNC(C3CCCCC3)C2)c(F)c1. The maximum atomic E-state index is 13.8. The Morgan fingerprint density at radius 1 is 1.14 bits per heavy atom. The van der Waals surface area contributed by atoms with Crippen molar-refractivity contribution in [1.29, 1.82) is 0 Å². The first-order chi connectivity index (χ1) is 10.2. The smallest absolute Gasteiger partial charge is 0.130 e. The third-order valence-corrected chi connectivity index (χ3v) is 4.92. The van der Waals surface area contributed by atoms with Gasteiger partial charge in [-0.05, 0) is 24.8 Å². The van der Waals surface area contributed by atoms with E-state index in [2.05, 4.69) is 10.2 Å². The monoisotopic (exact) mass is 294 g/mol. The number of benzene rings is 1. The molecule has 1 saturated heterocycles. The van der Waals surface area contributed by atoms with Crippen molar-refractivity contribution in [3.63, 3.8) is 0 Å². The molecule has 21 heavy (non-hydrogen) atoms. The second-order valence-corrected chi connectivity index (χ2v) is 6.43. The zero-order valence-electron chi connectivity index (χ0n) is 12.5. The minimum atomic E-state index is -0.503. The van der Waals surface area contributed by atoms with Crippen molar-refractivity contribution in [2.75, 3.05) is 19.6 Å². The van der Waals surface area contributed by atoms with Crippen LogP contribution in [0.2, 0.25) is 0 Å². The Kier molecular flexibility index (Phi) is 4.86. The molecule has 1 aromatic rings. The zero-order valence-corrected chi connectivity index (χ0v) is 12.5. The van der Waals surface area contributed by atoms with Gasteiger partial charge in [-0.2, -0.15) is 0 Å². The number of hydrogen-bond acceptors (Lipinski definition) is 2. The first kappa shape index (κ1) is 14.9. The van der Waals surface area contributed by atoms with Crippen molar-refractivity contribution in [2.45, 2.75) is 44.7 Å². The number of hydrogen-bond donors (Lipinski definition) is 1. The highest BCUT2D eigenvalue weighted by Crippen LogP contribution is 2.28. The van der Waals surface area contributed by atoms with Gasteiger partial charge in [-0.25, -0.2) is 8.78 Å². The Morgan fingerprint density at radius 2 is 1.95 bits per heavy atom. The van der Waals surface area contributed by atoms with Crippen molar-refractivity contribution >= 4 is 0 Å². The van der Waals surface area contributed by atoms with E-state index in [0.29, 0.717) is 18.2 Å². The van der Waals surface area contributed by atoms with Crippen LogP contribution >= 0.6 is 0 Å². The summed E-state index contributed by atoms with van der Waals surface area (Å²) in [5, 5.41) is 3.63. The van der Waals surface area contributed by atoms with Crippen LogP contribution in [-0.2, 0) is 6.54 Å². The van der Waals surface area contributed by atoms with Crippen molar-refractivity contribution in [3.8, 4) is 0 Å². The summed E-state index contributed by atoms with van der Waals surface area (Å²) in [5.74, 6) is -0.168. The summed E-state index contributed by atoms with van der Waals surface area (Å²) >= 11 is 0. The summed E-state index contributed by atoms with van der Waals surface area (Å²) in [4.78, 5) is 2.30. The minimum absolute atomic E-state index is 0.428. The Bertz CT molecular complexity index is 472. The molecule has 4 heteroatoms. The Balaban J connectivity index is 1.60. The van der Waals surface area contributed by atoms with Gasteiger partial charge in [0.05, 0.1) is 0 Å². The van der Waals surface area contributed by atoms with Crippen molar-refractivity contribution in [1.82, 2.24) is 10.2 Å². The van der Waals surface area contributed by atoms with E-state index in [1.54, 1.807) is 6.07 Å². The lowest BCUT2D eigenvalue weighted by atomic mass is 9.83. The second-order valence-electron chi connectivity index (χ2n) is 6.43. The summed E-state index contributed by atoms with van der Waals surface area (Å²) in [6.07, 6.45) is 6.69. The first-order valence-electron chi connectivity index (χ1n) is 8.12. The fourth-order valence-electron chi connectivity index (χ4n) is 3.73. The fraction of sp³-hybridized carbons (Fsp3) is 0.647. The van der Waals surface area contributed by atoms with Gasteiger partial charge in [0.25, 0.3) is 0 Å². The number of nitrogens with one attached hydrogen (secondary N) is 1. The molecule has 2 fully saturated rings. The van der Waals surface area contributed by atoms with Crippen molar-refractivity contribution < 1.29 is 8.78 Å². The maximum Gasteiger partial charge on any atom is 0.130 e. The molecule has 0 radical (unpaired) electrons. The molecule has 116 valence electrons. The van der Waals surface area contributed by atoms with Gasteiger partial charge >= 0.3 is 0 Å². The summed E-state index contributed by atoms with van der Waals surface area (Å²) < 4.78 is 26.7. The van der Waals surface area contributed by atoms with Gasteiger partial charge in [0.2, 0.25) is 0 Å². The fourth-order valence-corrected chi connectivity index (χ4v) is 3.73. The summed E-state index contributed by atoms with van der Waals surface area (Å²) in [5.41, 5.74) is 0.598. The van der Waals surface area contributed by atoms with Crippen LogP contribution in [0.15, 0.2) is 18.2 Å². The first-order valence-corrected chi connectivity index (χ1v) is 8.12. The molecule has 1 atom stereocenters. The van der Waals surface area contributed by atoms with Crippen LogP contribution in [0.25, 0.3) is 0 Å². The van der Waals surface area contributed by atoms with Gasteiger partial charge in [0.1, 0.15) is 11.6 Å². The van der Waals surface area contributed by atoms with Gasteiger partial charge < -0.3 is 5.32 Å². The van der Waals surface area contributed by atoms with E-state index in [9.17, 15) is 8.78 Å².